The Balaban J connectivity index is 1.28. The molecule has 8 aromatic rings. The molecule has 6 aromatic carbocycles. The van der Waals surface area contributed by atoms with Crippen LogP contribution < -0.4 is 4.90 Å². The summed E-state index contributed by atoms with van der Waals surface area (Å²) in [5.41, 5.74) is 9.70. The van der Waals surface area contributed by atoms with Crippen molar-refractivity contribution >= 4 is 60.8 Å². The summed E-state index contributed by atoms with van der Waals surface area (Å²) in [7, 11) is 0. The molecular formula is C36H24N2O. The van der Waals surface area contributed by atoms with Crippen LogP contribution in [0.4, 0.5) is 17.1 Å². The molecule has 3 heteroatoms. The molecule has 0 amide bonds. The summed E-state index contributed by atoms with van der Waals surface area (Å²) in [6.07, 6.45) is 0. The van der Waals surface area contributed by atoms with Gasteiger partial charge in [0, 0.05) is 49.7 Å². The van der Waals surface area contributed by atoms with Gasteiger partial charge in [-0.05, 0) is 66.2 Å². The number of hydrogen-bond acceptors (Lipinski definition) is 2. The third kappa shape index (κ3) is 3.52. The molecule has 0 saturated heterocycles. The number of hydrogen-bond donors (Lipinski definition) is 1. The van der Waals surface area contributed by atoms with Gasteiger partial charge < -0.3 is 14.3 Å². The second-order valence-electron chi connectivity index (χ2n) is 9.90. The van der Waals surface area contributed by atoms with Gasteiger partial charge in [-0.15, -0.1) is 0 Å². The van der Waals surface area contributed by atoms with E-state index in [0.717, 1.165) is 55.6 Å². The average molecular weight is 501 g/mol. The summed E-state index contributed by atoms with van der Waals surface area (Å²) in [6.45, 7) is 0. The maximum atomic E-state index is 6.40. The Morgan fingerprint density at radius 2 is 1.18 bits per heavy atom. The van der Waals surface area contributed by atoms with Gasteiger partial charge in [-0.2, -0.15) is 0 Å². The van der Waals surface area contributed by atoms with E-state index in [-0.39, 0.29) is 0 Å². The number of fused-ring (bicyclic) bond motifs is 6. The molecule has 0 aliphatic rings. The molecule has 0 aliphatic carbocycles. The van der Waals surface area contributed by atoms with Gasteiger partial charge in [0.1, 0.15) is 11.2 Å². The first-order chi connectivity index (χ1) is 19.3. The first-order valence-corrected chi connectivity index (χ1v) is 13.2. The maximum absolute atomic E-state index is 6.40. The largest absolute Gasteiger partial charge is 0.456 e. The van der Waals surface area contributed by atoms with E-state index in [9.17, 15) is 0 Å². The fourth-order valence-electron chi connectivity index (χ4n) is 5.79. The molecule has 3 nitrogen and oxygen atoms in total. The normalized spacial score (nSPS) is 11.6. The van der Waals surface area contributed by atoms with Gasteiger partial charge in [0.15, 0.2) is 0 Å². The zero-order valence-electron chi connectivity index (χ0n) is 21.1. The Kier molecular flexibility index (Phi) is 4.82. The molecule has 39 heavy (non-hydrogen) atoms. The number of aromatic amines is 1. The zero-order chi connectivity index (χ0) is 25.8. The highest BCUT2D eigenvalue weighted by atomic mass is 16.3. The van der Waals surface area contributed by atoms with E-state index < -0.39 is 0 Å². The van der Waals surface area contributed by atoms with Gasteiger partial charge in [-0.1, -0.05) is 78.9 Å². The van der Waals surface area contributed by atoms with Crippen LogP contribution in [0.3, 0.4) is 0 Å². The van der Waals surface area contributed by atoms with Gasteiger partial charge in [-0.3, -0.25) is 0 Å². The van der Waals surface area contributed by atoms with Gasteiger partial charge >= 0.3 is 0 Å². The van der Waals surface area contributed by atoms with Crippen molar-refractivity contribution in [2.45, 2.75) is 0 Å². The second-order valence-corrected chi connectivity index (χ2v) is 9.90. The lowest BCUT2D eigenvalue weighted by molar-refractivity contribution is 0.669. The van der Waals surface area contributed by atoms with Crippen LogP contribution in [0.25, 0.3) is 54.9 Å². The van der Waals surface area contributed by atoms with Gasteiger partial charge in [0.2, 0.25) is 0 Å². The van der Waals surface area contributed by atoms with Gasteiger partial charge in [0.25, 0.3) is 0 Å². The van der Waals surface area contributed by atoms with Crippen LogP contribution in [0.15, 0.2) is 144 Å². The van der Waals surface area contributed by atoms with Crippen molar-refractivity contribution < 1.29 is 4.42 Å². The van der Waals surface area contributed by atoms with Crippen molar-refractivity contribution in [3.63, 3.8) is 0 Å². The van der Waals surface area contributed by atoms with Gasteiger partial charge in [-0.25, -0.2) is 0 Å². The third-order valence-electron chi connectivity index (χ3n) is 7.59. The van der Waals surface area contributed by atoms with Crippen molar-refractivity contribution in [1.82, 2.24) is 4.98 Å². The second kappa shape index (κ2) is 8.64. The number of furan rings is 1. The molecule has 2 heterocycles. The number of aromatic nitrogens is 1. The Labute approximate surface area is 225 Å². The van der Waals surface area contributed by atoms with E-state index in [1.807, 2.05) is 12.1 Å². The van der Waals surface area contributed by atoms with Crippen molar-refractivity contribution in [1.29, 1.82) is 0 Å². The number of para-hydroxylation sites is 4. The maximum Gasteiger partial charge on any atom is 0.136 e. The molecular weight excluding hydrogens is 476 g/mol. The van der Waals surface area contributed by atoms with Crippen LogP contribution in [0.2, 0.25) is 0 Å². The highest BCUT2D eigenvalue weighted by Crippen LogP contribution is 2.40. The smallest absolute Gasteiger partial charge is 0.136 e. The summed E-state index contributed by atoms with van der Waals surface area (Å²) in [5.74, 6) is 0. The molecule has 184 valence electrons. The standard InChI is InChI=1S/C36H24N2O/c1-3-10-25(11-4-1)38(26-12-5-2-6-13-26)27-19-21-34-32(23-27)30-20-18-24(22-35(30)39-34)28-15-9-16-31-29-14-7-8-17-33(29)37-36(28)31/h1-23,37H. The quantitative estimate of drug-likeness (QED) is 0.261. The molecule has 2 aromatic heterocycles. The number of nitrogens with one attached hydrogen (secondary N) is 1. The molecule has 0 bridgehead atoms. The van der Waals surface area contributed by atoms with E-state index in [2.05, 4.69) is 137 Å². The Hall–Kier alpha value is -5.28. The van der Waals surface area contributed by atoms with Crippen molar-refractivity contribution in [2.24, 2.45) is 0 Å². The topological polar surface area (TPSA) is 32.2 Å². The summed E-state index contributed by atoms with van der Waals surface area (Å²) in [6, 6.07) is 48.9. The number of benzene rings is 6. The van der Waals surface area contributed by atoms with E-state index in [0.29, 0.717) is 0 Å². The number of anilines is 3. The molecule has 0 saturated carbocycles. The minimum absolute atomic E-state index is 0.885. The molecule has 0 radical (unpaired) electrons. The zero-order valence-corrected chi connectivity index (χ0v) is 21.1. The van der Waals surface area contributed by atoms with E-state index in [1.54, 1.807) is 0 Å². The molecule has 0 aliphatic heterocycles. The van der Waals surface area contributed by atoms with E-state index >= 15 is 0 Å². The highest BCUT2D eigenvalue weighted by molar-refractivity contribution is 6.13. The highest BCUT2D eigenvalue weighted by Gasteiger charge is 2.16. The van der Waals surface area contributed by atoms with Crippen LogP contribution in [-0.4, -0.2) is 4.98 Å². The van der Waals surface area contributed by atoms with Crippen molar-refractivity contribution in [3.8, 4) is 11.1 Å². The molecule has 0 fully saturated rings. The van der Waals surface area contributed by atoms with Gasteiger partial charge in [0.05, 0.1) is 5.52 Å². The minimum atomic E-state index is 0.885. The Morgan fingerprint density at radius 1 is 0.462 bits per heavy atom. The lowest BCUT2D eigenvalue weighted by Crippen LogP contribution is -2.09. The predicted molar refractivity (Wildman–Crippen MR) is 163 cm³/mol. The fraction of sp³-hybridized carbons (Fsp3) is 0. The predicted octanol–water partition coefficient (Wildman–Crippen LogP) is 10.4. The number of nitrogens with zero attached hydrogens (tertiary/aromatic N) is 1. The minimum Gasteiger partial charge on any atom is -0.456 e. The number of rotatable bonds is 4. The van der Waals surface area contributed by atoms with Crippen LogP contribution in [-0.2, 0) is 0 Å². The summed E-state index contributed by atoms with van der Waals surface area (Å²) >= 11 is 0. The monoisotopic (exact) mass is 500 g/mol. The summed E-state index contributed by atoms with van der Waals surface area (Å²) < 4.78 is 6.40. The first-order valence-electron chi connectivity index (χ1n) is 13.2. The number of H-pyrrole nitrogens is 1. The molecule has 0 spiro atoms. The van der Waals surface area contributed by atoms with Crippen LogP contribution >= 0.6 is 0 Å². The first kappa shape index (κ1) is 21.8. The summed E-state index contributed by atoms with van der Waals surface area (Å²) in [5, 5.41) is 4.70. The average Bonchev–Trinajstić information content (AvgIpc) is 3.56. The van der Waals surface area contributed by atoms with Crippen LogP contribution in [0.1, 0.15) is 0 Å². The molecule has 0 unspecified atom stereocenters. The van der Waals surface area contributed by atoms with Crippen LogP contribution in [0.5, 0.6) is 0 Å². The summed E-state index contributed by atoms with van der Waals surface area (Å²) in [4.78, 5) is 5.92. The van der Waals surface area contributed by atoms with Crippen molar-refractivity contribution in [2.75, 3.05) is 4.90 Å². The SMILES string of the molecule is c1ccc(N(c2ccccc2)c2ccc3oc4cc(-c5cccc6c5[nH]c5ccccc56)ccc4c3c2)cc1. The molecule has 8 rings (SSSR count). The molecule has 1 N–H and O–H groups in total. The Morgan fingerprint density at radius 3 is 1.97 bits per heavy atom. The third-order valence-corrected chi connectivity index (χ3v) is 7.59. The fourth-order valence-corrected chi connectivity index (χ4v) is 5.79. The lowest BCUT2D eigenvalue weighted by atomic mass is 10.0. The van der Waals surface area contributed by atoms with E-state index in [4.69, 9.17) is 4.42 Å². The molecule has 0 atom stereocenters. The van der Waals surface area contributed by atoms with E-state index in [1.165, 1.54) is 16.3 Å². The Bertz CT molecular complexity index is 2080. The van der Waals surface area contributed by atoms with Crippen molar-refractivity contribution in [3.05, 3.63) is 140 Å². The lowest BCUT2D eigenvalue weighted by Gasteiger charge is -2.25. The van der Waals surface area contributed by atoms with Crippen LogP contribution in [0, 0.1) is 0 Å².